The van der Waals surface area contributed by atoms with Crippen molar-refractivity contribution in [2.45, 2.75) is 6.92 Å². The molecule has 0 amide bonds. The number of benzene rings is 1. The highest BCUT2D eigenvalue weighted by Crippen LogP contribution is 2.19. The quantitative estimate of drug-likeness (QED) is 0.496. The van der Waals surface area contributed by atoms with E-state index in [0.717, 1.165) is 5.56 Å². The Labute approximate surface area is 117 Å². The van der Waals surface area contributed by atoms with Crippen LogP contribution >= 0.6 is 0 Å². The minimum Gasteiger partial charge on any atom is -0.437 e. The van der Waals surface area contributed by atoms with Crippen LogP contribution in [0.3, 0.4) is 0 Å². The molecule has 3 aromatic heterocycles. The van der Waals surface area contributed by atoms with Crippen molar-refractivity contribution in [3.8, 4) is 0 Å². The average molecular weight is 279 g/mol. The molecule has 3 heterocycles. The van der Waals surface area contributed by atoms with Gasteiger partial charge in [0, 0.05) is 0 Å². The maximum absolute atomic E-state index is 12.6. The minimum absolute atomic E-state index is 0.182. The third kappa shape index (κ3) is 1.66. The second kappa shape index (κ2) is 3.99. The Balaban J connectivity index is 2.29. The van der Waals surface area contributed by atoms with E-state index < -0.39 is 0 Å². The zero-order valence-corrected chi connectivity index (χ0v) is 11.0. The van der Waals surface area contributed by atoms with Gasteiger partial charge in [0.25, 0.3) is 5.56 Å². The van der Waals surface area contributed by atoms with E-state index in [4.69, 9.17) is 4.42 Å². The van der Waals surface area contributed by atoms with Crippen LogP contribution in [0.5, 0.6) is 0 Å². The van der Waals surface area contributed by atoms with Gasteiger partial charge in [-0.25, -0.2) is 4.98 Å². The Hall–Kier alpha value is -3.02. The van der Waals surface area contributed by atoms with Crippen molar-refractivity contribution in [1.82, 2.24) is 15.0 Å². The monoisotopic (exact) mass is 279 g/mol. The van der Waals surface area contributed by atoms with E-state index in [9.17, 15) is 9.59 Å². The first-order valence-electron chi connectivity index (χ1n) is 6.35. The van der Waals surface area contributed by atoms with Gasteiger partial charge in [-0.1, -0.05) is 11.6 Å². The molecule has 0 atom stereocenters. The summed E-state index contributed by atoms with van der Waals surface area (Å²) in [6.07, 6.45) is 1.27. The molecule has 1 N–H and O–H groups in total. The standard InChI is InChI=1S/C15H9N3O3/c1-7-2-3-11-8(4-7)12(19)9-5-10-13(18-15(9)21-11)16-6-17-14(10)20/h2-6H,1H3,(H,16,17,18,20). The van der Waals surface area contributed by atoms with Crippen molar-refractivity contribution in [2.75, 3.05) is 0 Å². The number of aryl methyl sites for hydroxylation is 1. The van der Waals surface area contributed by atoms with Crippen LogP contribution in [0.2, 0.25) is 0 Å². The first-order valence-corrected chi connectivity index (χ1v) is 6.35. The molecule has 0 radical (unpaired) electrons. The number of H-pyrrole nitrogens is 1. The highest BCUT2D eigenvalue weighted by atomic mass is 16.3. The van der Waals surface area contributed by atoms with Gasteiger partial charge in [0.15, 0.2) is 5.65 Å². The summed E-state index contributed by atoms with van der Waals surface area (Å²) in [6.45, 7) is 1.90. The fourth-order valence-corrected chi connectivity index (χ4v) is 2.38. The van der Waals surface area contributed by atoms with Crippen LogP contribution in [0, 0.1) is 6.92 Å². The molecule has 4 rings (SSSR count). The third-order valence-electron chi connectivity index (χ3n) is 3.43. The second-order valence-corrected chi connectivity index (χ2v) is 4.87. The molecule has 0 saturated heterocycles. The number of nitrogens with zero attached hydrogens (tertiary/aromatic N) is 2. The fraction of sp³-hybridized carbons (Fsp3) is 0.0667. The molecule has 6 nitrogen and oxygen atoms in total. The van der Waals surface area contributed by atoms with Crippen molar-refractivity contribution < 1.29 is 4.42 Å². The highest BCUT2D eigenvalue weighted by molar-refractivity contribution is 5.93. The lowest BCUT2D eigenvalue weighted by atomic mass is 10.1. The molecule has 0 aliphatic rings. The SMILES string of the molecule is Cc1ccc2oc3nc4nc[nH]c(=O)c4cc3c(=O)c2c1. The second-order valence-electron chi connectivity index (χ2n) is 4.87. The van der Waals surface area contributed by atoms with E-state index in [2.05, 4.69) is 15.0 Å². The van der Waals surface area contributed by atoms with Crippen LogP contribution in [0.15, 0.2) is 44.6 Å². The van der Waals surface area contributed by atoms with E-state index >= 15 is 0 Å². The lowest BCUT2D eigenvalue weighted by Crippen LogP contribution is -2.10. The number of fused-ring (bicyclic) bond motifs is 3. The molecule has 102 valence electrons. The fourth-order valence-electron chi connectivity index (χ4n) is 2.38. The van der Waals surface area contributed by atoms with Crippen LogP contribution in [-0.2, 0) is 0 Å². The lowest BCUT2D eigenvalue weighted by molar-refractivity contribution is 0.646. The summed E-state index contributed by atoms with van der Waals surface area (Å²) in [5, 5.41) is 1.02. The van der Waals surface area contributed by atoms with Crippen LogP contribution in [0.25, 0.3) is 33.1 Å². The molecule has 1 aromatic carbocycles. The molecule has 21 heavy (non-hydrogen) atoms. The van der Waals surface area contributed by atoms with E-state index in [1.165, 1.54) is 12.4 Å². The molecule has 0 bridgehead atoms. The van der Waals surface area contributed by atoms with Crippen LogP contribution in [0.1, 0.15) is 5.56 Å². The smallest absolute Gasteiger partial charge is 0.260 e. The predicted octanol–water partition coefficient (Wildman–Crippen LogP) is 1.89. The number of rotatable bonds is 0. The Morgan fingerprint density at radius 2 is 1.95 bits per heavy atom. The van der Waals surface area contributed by atoms with Gasteiger partial charge in [-0.05, 0) is 25.1 Å². The van der Waals surface area contributed by atoms with Crippen molar-refractivity contribution >= 4 is 33.1 Å². The van der Waals surface area contributed by atoms with Gasteiger partial charge in [-0.15, -0.1) is 0 Å². The summed E-state index contributed by atoms with van der Waals surface area (Å²) in [4.78, 5) is 35.0. The minimum atomic E-state index is -0.335. The maximum atomic E-state index is 12.6. The molecule has 6 heteroatoms. The van der Waals surface area contributed by atoms with Gasteiger partial charge in [0.05, 0.1) is 22.5 Å². The molecular weight excluding hydrogens is 270 g/mol. The van der Waals surface area contributed by atoms with E-state index in [-0.39, 0.29) is 33.1 Å². The number of aromatic nitrogens is 3. The molecule has 0 fully saturated rings. The first-order chi connectivity index (χ1) is 10.1. The Kier molecular flexibility index (Phi) is 2.24. The van der Waals surface area contributed by atoms with Crippen molar-refractivity contribution in [2.24, 2.45) is 0 Å². The number of aromatic amines is 1. The molecule has 0 aliphatic carbocycles. The Morgan fingerprint density at radius 1 is 1.10 bits per heavy atom. The van der Waals surface area contributed by atoms with Gasteiger partial charge >= 0.3 is 0 Å². The number of nitrogens with one attached hydrogen (secondary N) is 1. The Morgan fingerprint density at radius 3 is 2.81 bits per heavy atom. The summed E-state index contributed by atoms with van der Waals surface area (Å²) in [7, 11) is 0. The van der Waals surface area contributed by atoms with Gasteiger partial charge < -0.3 is 9.40 Å². The predicted molar refractivity (Wildman–Crippen MR) is 78.4 cm³/mol. The van der Waals surface area contributed by atoms with Gasteiger partial charge in [0.2, 0.25) is 11.1 Å². The zero-order chi connectivity index (χ0) is 14.6. The van der Waals surface area contributed by atoms with Crippen molar-refractivity contribution in [3.63, 3.8) is 0 Å². The zero-order valence-electron chi connectivity index (χ0n) is 11.0. The van der Waals surface area contributed by atoms with Gasteiger partial charge in [-0.2, -0.15) is 4.98 Å². The van der Waals surface area contributed by atoms with Crippen LogP contribution < -0.4 is 11.0 Å². The summed E-state index contributed by atoms with van der Waals surface area (Å²) < 4.78 is 5.67. The van der Waals surface area contributed by atoms with Crippen LogP contribution in [0.4, 0.5) is 0 Å². The van der Waals surface area contributed by atoms with E-state index in [1.54, 1.807) is 12.1 Å². The lowest BCUT2D eigenvalue weighted by Gasteiger charge is -2.02. The summed E-state index contributed by atoms with van der Waals surface area (Å²) in [5.74, 6) is 0. The largest absolute Gasteiger partial charge is 0.437 e. The van der Waals surface area contributed by atoms with E-state index in [1.807, 2.05) is 13.0 Å². The molecular formula is C15H9N3O3. The maximum Gasteiger partial charge on any atom is 0.260 e. The summed E-state index contributed by atoms with van der Waals surface area (Å²) in [6, 6.07) is 6.85. The van der Waals surface area contributed by atoms with E-state index in [0.29, 0.717) is 11.0 Å². The first kappa shape index (κ1) is 11.8. The molecule has 0 aliphatic heterocycles. The molecule has 4 aromatic rings. The summed E-state index contributed by atoms with van der Waals surface area (Å²) >= 11 is 0. The normalized spacial score (nSPS) is 11.5. The number of hydrogen-bond donors (Lipinski definition) is 1. The number of hydrogen-bond acceptors (Lipinski definition) is 5. The number of pyridine rings is 1. The van der Waals surface area contributed by atoms with Gasteiger partial charge in [0.1, 0.15) is 5.58 Å². The Bertz CT molecular complexity index is 1140. The topological polar surface area (TPSA) is 88.8 Å². The molecule has 0 unspecified atom stereocenters. The molecule has 0 spiro atoms. The van der Waals surface area contributed by atoms with Gasteiger partial charge in [-0.3, -0.25) is 9.59 Å². The van der Waals surface area contributed by atoms with Crippen LogP contribution in [-0.4, -0.2) is 15.0 Å². The third-order valence-corrected chi connectivity index (χ3v) is 3.43. The molecule has 0 saturated carbocycles. The average Bonchev–Trinajstić information content (AvgIpc) is 2.47. The van der Waals surface area contributed by atoms with Crippen molar-refractivity contribution in [3.05, 3.63) is 56.7 Å². The van der Waals surface area contributed by atoms with Crippen molar-refractivity contribution in [1.29, 1.82) is 0 Å². The highest BCUT2D eigenvalue weighted by Gasteiger charge is 2.12. The summed E-state index contributed by atoms with van der Waals surface area (Å²) in [5.41, 5.74) is 1.32.